The maximum atomic E-state index is 11.9. The van der Waals surface area contributed by atoms with Gasteiger partial charge in [-0.05, 0) is 38.1 Å². The second-order valence-corrected chi connectivity index (χ2v) is 5.36. The summed E-state index contributed by atoms with van der Waals surface area (Å²) in [6.45, 7) is 3.60. The largest absolute Gasteiger partial charge is 0.465 e. The molecular formula is C11H13ClO3S. The normalized spacial score (nSPS) is 14.2. The van der Waals surface area contributed by atoms with Crippen LogP contribution >= 0.6 is 11.6 Å². The first-order valence-corrected chi connectivity index (χ1v) is 6.48. The molecule has 0 fully saturated rings. The van der Waals surface area contributed by atoms with Gasteiger partial charge in [-0.25, -0.2) is 0 Å². The summed E-state index contributed by atoms with van der Waals surface area (Å²) in [4.78, 5) is 12.0. The number of carbonyl (C=O) groups excluding carboxylic acids is 1. The zero-order chi connectivity index (χ0) is 12.1. The van der Waals surface area contributed by atoms with Crippen LogP contribution in [0.15, 0.2) is 29.2 Å². The molecule has 5 heteroatoms. The molecule has 0 bridgehead atoms. The molecule has 0 radical (unpaired) electrons. The molecule has 16 heavy (non-hydrogen) atoms. The third kappa shape index (κ3) is 3.32. The Morgan fingerprint density at radius 2 is 2.00 bits per heavy atom. The lowest BCUT2D eigenvalue weighted by atomic mass is 10.4. The summed E-state index contributed by atoms with van der Waals surface area (Å²) in [5, 5.41) is -0.0920. The first kappa shape index (κ1) is 13.2. The van der Waals surface area contributed by atoms with Crippen LogP contribution in [0, 0.1) is 0 Å². The van der Waals surface area contributed by atoms with Gasteiger partial charge in [-0.3, -0.25) is 9.00 Å². The monoisotopic (exact) mass is 260 g/mol. The molecule has 0 aliphatic heterocycles. The van der Waals surface area contributed by atoms with Gasteiger partial charge in [0.2, 0.25) is 0 Å². The Kier molecular flexibility index (Phi) is 4.96. The van der Waals surface area contributed by atoms with Crippen molar-refractivity contribution in [2.24, 2.45) is 0 Å². The van der Waals surface area contributed by atoms with Gasteiger partial charge in [-0.15, -0.1) is 0 Å². The molecule has 2 atom stereocenters. The molecule has 1 aromatic carbocycles. The summed E-state index contributed by atoms with van der Waals surface area (Å²) < 4.78 is 16.8. The highest BCUT2D eigenvalue weighted by Crippen LogP contribution is 2.16. The van der Waals surface area contributed by atoms with Crippen LogP contribution < -0.4 is 0 Å². The number of benzene rings is 1. The Hall–Kier alpha value is -0.870. The zero-order valence-electron chi connectivity index (χ0n) is 9.10. The molecule has 2 unspecified atom stereocenters. The first-order valence-electron chi connectivity index (χ1n) is 4.89. The Labute approximate surface area is 102 Å². The highest BCUT2D eigenvalue weighted by molar-refractivity contribution is 7.86. The minimum Gasteiger partial charge on any atom is -0.465 e. The van der Waals surface area contributed by atoms with E-state index in [-0.39, 0.29) is 0 Å². The Morgan fingerprint density at radius 1 is 1.44 bits per heavy atom. The number of ether oxygens (including phenoxy) is 1. The van der Waals surface area contributed by atoms with E-state index < -0.39 is 22.0 Å². The molecule has 0 N–H and O–H groups in total. The van der Waals surface area contributed by atoms with Gasteiger partial charge in [0, 0.05) is 9.92 Å². The summed E-state index contributed by atoms with van der Waals surface area (Å²) in [6, 6.07) is 6.58. The number of carbonyl (C=O) groups is 1. The summed E-state index contributed by atoms with van der Waals surface area (Å²) in [6.07, 6.45) is 0. The number of hydrogen-bond donors (Lipinski definition) is 0. The maximum Gasteiger partial charge on any atom is 0.321 e. The van der Waals surface area contributed by atoms with Crippen LogP contribution in [-0.4, -0.2) is 22.0 Å². The molecule has 0 amide bonds. The quantitative estimate of drug-likeness (QED) is 0.781. The molecule has 0 saturated carbocycles. The van der Waals surface area contributed by atoms with E-state index in [2.05, 4.69) is 0 Å². The van der Waals surface area contributed by atoms with Gasteiger partial charge in [0.1, 0.15) is 5.25 Å². The molecule has 1 rings (SSSR count). The van der Waals surface area contributed by atoms with Crippen molar-refractivity contribution in [1.29, 1.82) is 0 Å². The Bertz CT molecular complexity index is 389. The average molecular weight is 261 g/mol. The summed E-state index contributed by atoms with van der Waals surface area (Å²) >= 11 is 5.72. The Balaban J connectivity index is 2.78. The molecule has 88 valence electrons. The summed E-state index contributed by atoms with van der Waals surface area (Å²) in [5.74, 6) is -0.448. The molecule has 0 saturated heterocycles. The third-order valence-corrected chi connectivity index (χ3v) is 3.81. The molecule has 0 aliphatic carbocycles. The SMILES string of the molecule is CCOC(=O)C(C)S(=O)c1ccc(Cl)cc1. The molecule has 0 heterocycles. The van der Waals surface area contributed by atoms with E-state index in [1.165, 1.54) is 0 Å². The van der Waals surface area contributed by atoms with E-state index in [1.54, 1.807) is 38.1 Å². The lowest BCUT2D eigenvalue weighted by molar-refractivity contribution is -0.142. The summed E-state index contributed by atoms with van der Waals surface area (Å²) in [7, 11) is -1.40. The predicted molar refractivity (Wildman–Crippen MR) is 64.0 cm³/mol. The second kappa shape index (κ2) is 6.01. The van der Waals surface area contributed by atoms with E-state index in [0.29, 0.717) is 16.5 Å². The number of rotatable bonds is 4. The maximum absolute atomic E-state index is 11.9. The zero-order valence-corrected chi connectivity index (χ0v) is 10.7. The van der Waals surface area contributed by atoms with Gasteiger partial charge >= 0.3 is 5.97 Å². The van der Waals surface area contributed by atoms with Crippen molar-refractivity contribution < 1.29 is 13.7 Å². The van der Waals surface area contributed by atoms with Gasteiger partial charge in [0.05, 0.1) is 17.4 Å². The van der Waals surface area contributed by atoms with Crippen molar-refractivity contribution in [3.8, 4) is 0 Å². The fourth-order valence-electron chi connectivity index (χ4n) is 1.12. The van der Waals surface area contributed by atoms with Crippen molar-refractivity contribution in [2.45, 2.75) is 24.0 Å². The first-order chi connectivity index (χ1) is 7.56. The van der Waals surface area contributed by atoms with Crippen LogP contribution in [0.4, 0.5) is 0 Å². The van der Waals surface area contributed by atoms with Crippen molar-refractivity contribution in [3.05, 3.63) is 29.3 Å². The van der Waals surface area contributed by atoms with Crippen molar-refractivity contribution >= 4 is 28.4 Å². The van der Waals surface area contributed by atoms with E-state index in [1.807, 2.05) is 0 Å². The smallest absolute Gasteiger partial charge is 0.321 e. The van der Waals surface area contributed by atoms with E-state index in [9.17, 15) is 9.00 Å². The second-order valence-electron chi connectivity index (χ2n) is 3.15. The van der Waals surface area contributed by atoms with E-state index >= 15 is 0 Å². The highest BCUT2D eigenvalue weighted by Gasteiger charge is 2.22. The molecule has 0 aliphatic rings. The summed E-state index contributed by atoms with van der Waals surface area (Å²) in [5.41, 5.74) is 0. The van der Waals surface area contributed by atoms with Crippen molar-refractivity contribution in [3.63, 3.8) is 0 Å². The molecular weight excluding hydrogens is 248 g/mol. The van der Waals surface area contributed by atoms with Crippen LogP contribution in [-0.2, 0) is 20.3 Å². The van der Waals surface area contributed by atoms with Crippen molar-refractivity contribution in [2.75, 3.05) is 6.61 Å². The fourth-order valence-corrected chi connectivity index (χ4v) is 2.30. The highest BCUT2D eigenvalue weighted by atomic mass is 35.5. The lowest BCUT2D eigenvalue weighted by Gasteiger charge is -2.10. The van der Waals surface area contributed by atoms with E-state index in [0.717, 1.165) is 0 Å². The Morgan fingerprint density at radius 3 is 2.50 bits per heavy atom. The van der Waals surface area contributed by atoms with Crippen LogP contribution in [0.1, 0.15) is 13.8 Å². The number of hydrogen-bond acceptors (Lipinski definition) is 3. The standard InChI is InChI=1S/C11H13ClO3S/c1-3-15-11(13)8(2)16(14)10-6-4-9(12)5-7-10/h4-8H,3H2,1-2H3. The van der Waals surface area contributed by atoms with Gasteiger partial charge < -0.3 is 4.74 Å². The van der Waals surface area contributed by atoms with Crippen LogP contribution in [0.3, 0.4) is 0 Å². The van der Waals surface area contributed by atoms with Gasteiger partial charge in [0.15, 0.2) is 0 Å². The number of halogens is 1. The lowest BCUT2D eigenvalue weighted by Crippen LogP contribution is -2.24. The fraction of sp³-hybridized carbons (Fsp3) is 0.364. The molecule has 0 aromatic heterocycles. The van der Waals surface area contributed by atoms with Gasteiger partial charge in [0.25, 0.3) is 0 Å². The van der Waals surface area contributed by atoms with Crippen LogP contribution in [0.25, 0.3) is 0 Å². The van der Waals surface area contributed by atoms with Crippen LogP contribution in [0.5, 0.6) is 0 Å². The van der Waals surface area contributed by atoms with Crippen molar-refractivity contribution in [1.82, 2.24) is 0 Å². The average Bonchev–Trinajstić information content (AvgIpc) is 2.28. The van der Waals surface area contributed by atoms with Crippen LogP contribution in [0.2, 0.25) is 5.02 Å². The molecule has 0 spiro atoms. The minimum atomic E-state index is -1.40. The molecule has 1 aromatic rings. The molecule has 3 nitrogen and oxygen atoms in total. The third-order valence-electron chi connectivity index (χ3n) is 1.99. The van der Waals surface area contributed by atoms with Gasteiger partial charge in [-0.2, -0.15) is 0 Å². The van der Waals surface area contributed by atoms with E-state index in [4.69, 9.17) is 16.3 Å². The number of esters is 1. The predicted octanol–water partition coefficient (Wildman–Crippen LogP) is 2.40. The topological polar surface area (TPSA) is 43.4 Å². The van der Waals surface area contributed by atoms with Gasteiger partial charge in [-0.1, -0.05) is 11.6 Å². The minimum absolute atomic E-state index is 0.293.